The van der Waals surface area contributed by atoms with Crippen LogP contribution in [0.2, 0.25) is 0 Å². The van der Waals surface area contributed by atoms with E-state index >= 15 is 0 Å². The minimum absolute atomic E-state index is 0.195. The van der Waals surface area contributed by atoms with Gasteiger partial charge in [0.05, 0.1) is 6.54 Å². The quantitative estimate of drug-likeness (QED) is 0.864. The molecule has 0 aliphatic carbocycles. The van der Waals surface area contributed by atoms with Gasteiger partial charge in [-0.25, -0.2) is 0 Å². The summed E-state index contributed by atoms with van der Waals surface area (Å²) in [4.78, 5) is 18.0. The van der Waals surface area contributed by atoms with Crippen molar-refractivity contribution in [1.29, 1.82) is 0 Å². The molecule has 19 heavy (non-hydrogen) atoms. The zero-order valence-corrected chi connectivity index (χ0v) is 11.7. The summed E-state index contributed by atoms with van der Waals surface area (Å²) in [6, 6.07) is 0.310. The van der Waals surface area contributed by atoms with Crippen LogP contribution >= 0.6 is 0 Å². The van der Waals surface area contributed by atoms with Crippen LogP contribution in [-0.2, 0) is 17.8 Å². The second kappa shape index (κ2) is 6.65. The highest BCUT2D eigenvalue weighted by atomic mass is 16.5. The third-order valence-corrected chi connectivity index (χ3v) is 3.49. The van der Waals surface area contributed by atoms with Crippen LogP contribution in [-0.4, -0.2) is 40.6 Å². The Morgan fingerprint density at radius 1 is 1.42 bits per heavy atom. The Kier molecular flexibility index (Phi) is 4.90. The Morgan fingerprint density at radius 2 is 2.26 bits per heavy atom. The molecular formula is C13H22N4O2. The van der Waals surface area contributed by atoms with Gasteiger partial charge in [0.1, 0.15) is 0 Å². The van der Waals surface area contributed by atoms with Gasteiger partial charge in [0.25, 0.3) is 0 Å². The number of nitrogens with one attached hydrogen (secondary N) is 1. The highest BCUT2D eigenvalue weighted by Crippen LogP contribution is 2.14. The lowest BCUT2D eigenvalue weighted by Crippen LogP contribution is -2.29. The Bertz CT molecular complexity index is 419. The molecule has 1 saturated heterocycles. The van der Waals surface area contributed by atoms with Crippen LogP contribution in [0.1, 0.15) is 44.3 Å². The van der Waals surface area contributed by atoms with Crippen molar-refractivity contribution in [3.8, 4) is 0 Å². The van der Waals surface area contributed by atoms with Crippen molar-refractivity contribution in [3.05, 3.63) is 11.7 Å². The topological polar surface area (TPSA) is 71.3 Å². The molecule has 0 spiro atoms. The number of nitrogens with zero attached hydrogens (tertiary/aromatic N) is 3. The lowest BCUT2D eigenvalue weighted by Gasteiger charge is -2.17. The third-order valence-electron chi connectivity index (χ3n) is 3.49. The van der Waals surface area contributed by atoms with Gasteiger partial charge in [0.15, 0.2) is 5.82 Å². The van der Waals surface area contributed by atoms with Crippen LogP contribution in [0.3, 0.4) is 0 Å². The maximum atomic E-state index is 11.9. The van der Waals surface area contributed by atoms with Gasteiger partial charge >= 0.3 is 0 Å². The zero-order valence-electron chi connectivity index (χ0n) is 11.7. The molecule has 0 aromatic carbocycles. The SMILES string of the molecule is CNC(C)Cc1noc(CN2CCCCCC2=O)n1. The lowest BCUT2D eigenvalue weighted by atomic mass is 10.2. The molecule has 6 heteroatoms. The van der Waals surface area contributed by atoms with E-state index in [1.807, 2.05) is 11.9 Å². The number of hydrogen-bond acceptors (Lipinski definition) is 5. The summed E-state index contributed by atoms with van der Waals surface area (Å²) in [5, 5.41) is 7.09. The number of rotatable bonds is 5. The summed E-state index contributed by atoms with van der Waals surface area (Å²) in [7, 11) is 1.90. The van der Waals surface area contributed by atoms with E-state index in [9.17, 15) is 4.79 Å². The van der Waals surface area contributed by atoms with Crippen molar-refractivity contribution in [3.63, 3.8) is 0 Å². The molecule has 1 aromatic heterocycles. The molecule has 0 saturated carbocycles. The number of carbonyl (C=O) groups is 1. The van der Waals surface area contributed by atoms with E-state index in [0.29, 0.717) is 30.7 Å². The van der Waals surface area contributed by atoms with E-state index in [1.54, 1.807) is 0 Å². The first-order chi connectivity index (χ1) is 9.19. The van der Waals surface area contributed by atoms with Crippen LogP contribution in [0.5, 0.6) is 0 Å². The van der Waals surface area contributed by atoms with E-state index in [0.717, 1.165) is 32.2 Å². The van der Waals surface area contributed by atoms with Crippen molar-refractivity contribution in [2.45, 2.75) is 51.6 Å². The number of likely N-dealkylation sites (N-methyl/N-ethyl adjacent to an activating group) is 1. The summed E-state index contributed by atoms with van der Waals surface area (Å²) in [6.45, 7) is 3.30. The summed E-state index contributed by atoms with van der Waals surface area (Å²) < 4.78 is 5.22. The molecular weight excluding hydrogens is 244 g/mol. The van der Waals surface area contributed by atoms with Crippen molar-refractivity contribution >= 4 is 5.91 Å². The Balaban J connectivity index is 1.93. The molecule has 6 nitrogen and oxygen atoms in total. The highest BCUT2D eigenvalue weighted by molar-refractivity contribution is 5.76. The summed E-state index contributed by atoms with van der Waals surface area (Å²) in [6.07, 6.45) is 4.54. The molecule has 1 aliphatic heterocycles. The number of amides is 1. The van der Waals surface area contributed by atoms with Gasteiger partial charge in [-0.05, 0) is 26.8 Å². The normalized spacial score (nSPS) is 18.4. The second-order valence-electron chi connectivity index (χ2n) is 5.12. The average molecular weight is 266 g/mol. The van der Waals surface area contributed by atoms with E-state index in [1.165, 1.54) is 0 Å². The molecule has 1 atom stereocenters. The van der Waals surface area contributed by atoms with Crippen LogP contribution in [0, 0.1) is 0 Å². The van der Waals surface area contributed by atoms with Crippen molar-refractivity contribution < 1.29 is 9.32 Å². The largest absolute Gasteiger partial charge is 0.337 e. The van der Waals surface area contributed by atoms with E-state index < -0.39 is 0 Å². The molecule has 1 amide bonds. The maximum absolute atomic E-state index is 11.9. The Hall–Kier alpha value is -1.43. The molecule has 0 bridgehead atoms. The first-order valence-corrected chi connectivity index (χ1v) is 6.95. The predicted molar refractivity (Wildman–Crippen MR) is 70.4 cm³/mol. The van der Waals surface area contributed by atoms with Crippen LogP contribution in [0.4, 0.5) is 0 Å². The number of hydrogen-bond donors (Lipinski definition) is 1. The first kappa shape index (κ1) is 14.0. The smallest absolute Gasteiger partial charge is 0.246 e. The monoisotopic (exact) mass is 266 g/mol. The van der Waals surface area contributed by atoms with Crippen molar-refractivity contribution in [2.75, 3.05) is 13.6 Å². The molecule has 1 N–H and O–H groups in total. The zero-order chi connectivity index (χ0) is 13.7. The third kappa shape index (κ3) is 4.02. The molecule has 1 unspecified atom stereocenters. The summed E-state index contributed by atoms with van der Waals surface area (Å²) in [5.74, 6) is 1.42. The van der Waals surface area contributed by atoms with Crippen LogP contribution in [0.15, 0.2) is 4.52 Å². The average Bonchev–Trinajstić information content (AvgIpc) is 2.73. The second-order valence-corrected chi connectivity index (χ2v) is 5.12. The van der Waals surface area contributed by atoms with Crippen molar-refractivity contribution in [1.82, 2.24) is 20.4 Å². The number of aromatic nitrogens is 2. The highest BCUT2D eigenvalue weighted by Gasteiger charge is 2.19. The molecule has 2 heterocycles. The number of likely N-dealkylation sites (tertiary alicyclic amines) is 1. The van der Waals surface area contributed by atoms with Gasteiger partial charge in [0.2, 0.25) is 11.8 Å². The standard InChI is InChI=1S/C13H22N4O2/c1-10(14-2)8-11-15-12(19-16-11)9-17-7-5-3-4-6-13(17)18/h10,14H,3-9H2,1-2H3. The first-order valence-electron chi connectivity index (χ1n) is 6.95. The minimum Gasteiger partial charge on any atom is -0.337 e. The lowest BCUT2D eigenvalue weighted by molar-refractivity contribution is -0.131. The fraction of sp³-hybridized carbons (Fsp3) is 0.769. The summed E-state index contributed by atoms with van der Waals surface area (Å²) in [5.41, 5.74) is 0. The van der Waals surface area contributed by atoms with Gasteiger partial charge in [0, 0.05) is 25.4 Å². The molecule has 0 radical (unpaired) electrons. The number of carbonyl (C=O) groups excluding carboxylic acids is 1. The van der Waals surface area contributed by atoms with Gasteiger partial charge in [-0.15, -0.1) is 0 Å². The molecule has 1 aliphatic rings. The fourth-order valence-corrected chi connectivity index (χ4v) is 2.18. The van der Waals surface area contributed by atoms with Gasteiger partial charge in [-0.2, -0.15) is 4.98 Å². The molecule has 2 rings (SSSR count). The van der Waals surface area contributed by atoms with Crippen LogP contribution < -0.4 is 5.32 Å². The summed E-state index contributed by atoms with van der Waals surface area (Å²) >= 11 is 0. The van der Waals surface area contributed by atoms with Gasteiger partial charge < -0.3 is 14.7 Å². The maximum Gasteiger partial charge on any atom is 0.246 e. The molecule has 1 aromatic rings. The fourth-order valence-electron chi connectivity index (χ4n) is 2.18. The minimum atomic E-state index is 0.195. The molecule has 106 valence electrons. The van der Waals surface area contributed by atoms with Gasteiger partial charge in [-0.3, -0.25) is 4.79 Å². The van der Waals surface area contributed by atoms with Crippen LogP contribution in [0.25, 0.3) is 0 Å². The Labute approximate surface area is 113 Å². The predicted octanol–water partition coefficient (Wildman–Crippen LogP) is 1.12. The van der Waals surface area contributed by atoms with E-state index in [2.05, 4.69) is 22.4 Å². The molecule has 1 fully saturated rings. The van der Waals surface area contributed by atoms with E-state index in [4.69, 9.17) is 4.52 Å². The van der Waals surface area contributed by atoms with Gasteiger partial charge in [-0.1, -0.05) is 11.6 Å². The van der Waals surface area contributed by atoms with E-state index in [-0.39, 0.29) is 5.91 Å². The van der Waals surface area contributed by atoms with Crippen molar-refractivity contribution in [2.24, 2.45) is 0 Å². The Morgan fingerprint density at radius 3 is 3.05 bits per heavy atom.